The summed E-state index contributed by atoms with van der Waals surface area (Å²) in [5, 5.41) is 10.4. The first kappa shape index (κ1) is 11.2. The van der Waals surface area contributed by atoms with E-state index in [0.29, 0.717) is 0 Å². The standard InChI is InChI=1S/C11H13NO3/c1-8-4-5-10(7-11(8)15-3)6-9(2)12(13)14/h4-7H,1-3H3/b9-6+. The maximum absolute atomic E-state index is 10.4. The van der Waals surface area contributed by atoms with E-state index in [4.69, 9.17) is 4.74 Å². The lowest BCUT2D eigenvalue weighted by molar-refractivity contribution is -0.422. The maximum atomic E-state index is 10.4. The van der Waals surface area contributed by atoms with Gasteiger partial charge in [0.1, 0.15) is 5.75 Å². The predicted octanol–water partition coefficient (Wildman–Crippen LogP) is 2.64. The van der Waals surface area contributed by atoms with E-state index in [9.17, 15) is 10.1 Å². The van der Waals surface area contributed by atoms with Gasteiger partial charge in [0.05, 0.1) is 12.0 Å². The SMILES string of the molecule is COc1cc(/C=C(\C)[N+](=O)[O-])ccc1C. The van der Waals surface area contributed by atoms with Gasteiger partial charge in [-0.3, -0.25) is 10.1 Å². The highest BCUT2D eigenvalue weighted by Crippen LogP contribution is 2.20. The molecule has 0 bridgehead atoms. The molecule has 0 aliphatic carbocycles. The van der Waals surface area contributed by atoms with Crippen LogP contribution in [-0.2, 0) is 0 Å². The average molecular weight is 207 g/mol. The lowest BCUT2D eigenvalue weighted by Crippen LogP contribution is -1.93. The molecule has 4 heteroatoms. The number of hydrogen-bond donors (Lipinski definition) is 0. The van der Waals surface area contributed by atoms with Crippen molar-refractivity contribution in [2.75, 3.05) is 7.11 Å². The van der Waals surface area contributed by atoms with Gasteiger partial charge in [0.2, 0.25) is 5.70 Å². The number of ether oxygens (including phenoxy) is 1. The highest BCUT2D eigenvalue weighted by atomic mass is 16.6. The van der Waals surface area contributed by atoms with Gasteiger partial charge in [-0.1, -0.05) is 12.1 Å². The molecule has 0 saturated carbocycles. The normalized spacial score (nSPS) is 11.3. The molecule has 4 nitrogen and oxygen atoms in total. The first-order valence-electron chi connectivity index (χ1n) is 4.52. The first-order chi connectivity index (χ1) is 7.04. The molecule has 0 saturated heterocycles. The Balaban J connectivity index is 3.07. The second-order valence-electron chi connectivity index (χ2n) is 3.27. The largest absolute Gasteiger partial charge is 0.496 e. The summed E-state index contributed by atoms with van der Waals surface area (Å²) in [5.74, 6) is 0.736. The van der Waals surface area contributed by atoms with Crippen molar-refractivity contribution in [1.29, 1.82) is 0 Å². The van der Waals surface area contributed by atoms with Crippen LogP contribution in [0.15, 0.2) is 23.9 Å². The summed E-state index contributed by atoms with van der Waals surface area (Å²) in [4.78, 5) is 10.0. The molecule has 0 atom stereocenters. The van der Waals surface area contributed by atoms with Crippen molar-refractivity contribution in [3.8, 4) is 5.75 Å². The molecular weight excluding hydrogens is 194 g/mol. The van der Waals surface area contributed by atoms with Crippen LogP contribution in [0.1, 0.15) is 18.1 Å². The topological polar surface area (TPSA) is 52.4 Å². The zero-order valence-corrected chi connectivity index (χ0v) is 8.98. The fourth-order valence-corrected chi connectivity index (χ4v) is 1.22. The molecule has 0 aromatic heterocycles. The molecular formula is C11H13NO3. The van der Waals surface area contributed by atoms with Crippen LogP contribution >= 0.6 is 0 Å². The van der Waals surface area contributed by atoms with E-state index in [1.54, 1.807) is 13.2 Å². The van der Waals surface area contributed by atoms with Gasteiger partial charge in [0, 0.05) is 13.0 Å². The molecule has 0 spiro atoms. The Morgan fingerprint density at radius 3 is 2.73 bits per heavy atom. The molecule has 0 aliphatic heterocycles. The molecule has 0 N–H and O–H groups in total. The molecule has 0 unspecified atom stereocenters. The Morgan fingerprint density at radius 1 is 1.53 bits per heavy atom. The van der Waals surface area contributed by atoms with Gasteiger partial charge in [0.25, 0.3) is 0 Å². The zero-order valence-electron chi connectivity index (χ0n) is 8.98. The van der Waals surface area contributed by atoms with Crippen molar-refractivity contribution in [1.82, 2.24) is 0 Å². The van der Waals surface area contributed by atoms with Gasteiger partial charge in [-0.2, -0.15) is 0 Å². The van der Waals surface area contributed by atoms with Crippen LogP contribution in [0.2, 0.25) is 0 Å². The van der Waals surface area contributed by atoms with E-state index < -0.39 is 4.92 Å². The zero-order chi connectivity index (χ0) is 11.4. The molecule has 0 heterocycles. The van der Waals surface area contributed by atoms with Gasteiger partial charge in [-0.05, 0) is 24.1 Å². The lowest BCUT2D eigenvalue weighted by Gasteiger charge is -2.04. The minimum atomic E-state index is -0.410. The van der Waals surface area contributed by atoms with Gasteiger partial charge < -0.3 is 4.74 Å². The summed E-state index contributed by atoms with van der Waals surface area (Å²) in [6.07, 6.45) is 1.52. The summed E-state index contributed by atoms with van der Waals surface area (Å²) in [7, 11) is 1.58. The van der Waals surface area contributed by atoms with Gasteiger partial charge in [0.15, 0.2) is 0 Å². The van der Waals surface area contributed by atoms with Crippen LogP contribution in [0.5, 0.6) is 5.75 Å². The van der Waals surface area contributed by atoms with E-state index in [0.717, 1.165) is 16.9 Å². The summed E-state index contributed by atoms with van der Waals surface area (Å²) in [6.45, 7) is 3.39. The molecule has 1 aromatic rings. The van der Waals surface area contributed by atoms with Gasteiger partial charge >= 0.3 is 0 Å². The summed E-state index contributed by atoms with van der Waals surface area (Å²) in [6, 6.07) is 5.48. The van der Waals surface area contributed by atoms with Gasteiger partial charge in [-0.25, -0.2) is 0 Å². The van der Waals surface area contributed by atoms with Crippen molar-refractivity contribution in [2.24, 2.45) is 0 Å². The fourth-order valence-electron chi connectivity index (χ4n) is 1.22. The predicted molar refractivity (Wildman–Crippen MR) is 58.4 cm³/mol. The van der Waals surface area contributed by atoms with Crippen LogP contribution in [0.25, 0.3) is 6.08 Å². The summed E-state index contributed by atoms with van der Waals surface area (Å²) >= 11 is 0. The molecule has 0 fully saturated rings. The van der Waals surface area contributed by atoms with Crippen LogP contribution < -0.4 is 4.74 Å². The molecule has 0 aliphatic rings. The van der Waals surface area contributed by atoms with E-state index >= 15 is 0 Å². The van der Waals surface area contributed by atoms with Crippen LogP contribution in [0.3, 0.4) is 0 Å². The van der Waals surface area contributed by atoms with Crippen molar-refractivity contribution >= 4 is 6.08 Å². The number of nitro groups is 1. The quantitative estimate of drug-likeness (QED) is 0.565. The Labute approximate surface area is 88.3 Å². The number of allylic oxidation sites excluding steroid dienone is 1. The average Bonchev–Trinajstić information content (AvgIpc) is 2.20. The second-order valence-corrected chi connectivity index (χ2v) is 3.27. The molecule has 80 valence electrons. The third-order valence-electron chi connectivity index (χ3n) is 2.10. The van der Waals surface area contributed by atoms with E-state index in [2.05, 4.69) is 0 Å². The smallest absolute Gasteiger partial charge is 0.243 e. The Morgan fingerprint density at radius 2 is 2.20 bits per heavy atom. The molecule has 1 rings (SSSR count). The van der Waals surface area contributed by atoms with E-state index in [1.807, 2.05) is 19.1 Å². The molecule has 1 aromatic carbocycles. The number of benzene rings is 1. The minimum Gasteiger partial charge on any atom is -0.496 e. The molecule has 15 heavy (non-hydrogen) atoms. The highest BCUT2D eigenvalue weighted by Gasteiger charge is 2.04. The monoisotopic (exact) mass is 207 g/mol. The van der Waals surface area contributed by atoms with Crippen molar-refractivity contribution in [3.05, 3.63) is 45.1 Å². The van der Waals surface area contributed by atoms with Crippen molar-refractivity contribution < 1.29 is 9.66 Å². The molecule has 0 radical (unpaired) electrons. The number of hydrogen-bond acceptors (Lipinski definition) is 3. The number of rotatable bonds is 3. The highest BCUT2D eigenvalue weighted by molar-refractivity contribution is 5.54. The van der Waals surface area contributed by atoms with Crippen molar-refractivity contribution in [2.45, 2.75) is 13.8 Å². The lowest BCUT2D eigenvalue weighted by atomic mass is 10.1. The number of nitrogens with zero attached hydrogens (tertiary/aromatic N) is 1. The fraction of sp³-hybridized carbons (Fsp3) is 0.273. The van der Waals surface area contributed by atoms with E-state index in [1.165, 1.54) is 13.0 Å². The first-order valence-corrected chi connectivity index (χ1v) is 4.52. The summed E-state index contributed by atoms with van der Waals surface area (Å²) in [5.41, 5.74) is 1.89. The van der Waals surface area contributed by atoms with Gasteiger partial charge in [-0.15, -0.1) is 0 Å². The van der Waals surface area contributed by atoms with Crippen LogP contribution in [-0.4, -0.2) is 12.0 Å². The second kappa shape index (κ2) is 4.59. The summed E-state index contributed by atoms with van der Waals surface area (Å²) < 4.78 is 5.13. The third kappa shape index (κ3) is 2.80. The van der Waals surface area contributed by atoms with E-state index in [-0.39, 0.29) is 5.70 Å². The van der Waals surface area contributed by atoms with Crippen LogP contribution in [0, 0.1) is 17.0 Å². The Bertz CT molecular complexity index is 410. The van der Waals surface area contributed by atoms with Crippen LogP contribution in [0.4, 0.5) is 0 Å². The van der Waals surface area contributed by atoms with Crippen molar-refractivity contribution in [3.63, 3.8) is 0 Å². The third-order valence-corrected chi connectivity index (χ3v) is 2.10. The Hall–Kier alpha value is -1.84. The minimum absolute atomic E-state index is 0.112. The Kier molecular flexibility index (Phi) is 3.44. The molecule has 0 amide bonds. The number of aryl methyl sites for hydroxylation is 1. The maximum Gasteiger partial charge on any atom is 0.243 e. The number of methoxy groups -OCH3 is 1.